The standard InChI is InChI=1S/C16H20N2O3S/c1-10-4-2-6-12-15(10)17-13(18-16(12)20)9-22-14-7-3-5-11(8-19)21-14/h2,4,6,11,14,19H,3,5,7-9H2,1H3,(H,17,18,20). The molecule has 2 atom stereocenters. The van der Waals surface area contributed by atoms with E-state index in [-0.39, 0.29) is 23.7 Å². The number of H-pyrrole nitrogens is 1. The Bertz CT molecular complexity index is 716. The van der Waals surface area contributed by atoms with Gasteiger partial charge in [-0.1, -0.05) is 12.1 Å². The highest BCUT2D eigenvalue weighted by Gasteiger charge is 2.22. The van der Waals surface area contributed by atoms with E-state index < -0.39 is 0 Å². The van der Waals surface area contributed by atoms with Crippen LogP contribution in [0.3, 0.4) is 0 Å². The fraction of sp³-hybridized carbons (Fsp3) is 0.500. The van der Waals surface area contributed by atoms with Gasteiger partial charge in [0.2, 0.25) is 0 Å². The van der Waals surface area contributed by atoms with Crippen LogP contribution in [0.5, 0.6) is 0 Å². The van der Waals surface area contributed by atoms with Crippen molar-refractivity contribution in [2.45, 2.75) is 43.5 Å². The molecule has 0 bridgehead atoms. The molecule has 2 aromatic rings. The summed E-state index contributed by atoms with van der Waals surface area (Å²) < 4.78 is 5.79. The van der Waals surface area contributed by atoms with Gasteiger partial charge in [0.15, 0.2) is 0 Å². The van der Waals surface area contributed by atoms with Crippen LogP contribution in [-0.4, -0.2) is 33.2 Å². The minimum Gasteiger partial charge on any atom is -0.394 e. The van der Waals surface area contributed by atoms with Crippen molar-refractivity contribution in [2.24, 2.45) is 0 Å². The Balaban J connectivity index is 1.74. The number of benzene rings is 1. The molecule has 3 rings (SSSR count). The maximum Gasteiger partial charge on any atom is 0.258 e. The van der Waals surface area contributed by atoms with Gasteiger partial charge < -0.3 is 14.8 Å². The van der Waals surface area contributed by atoms with Crippen molar-refractivity contribution in [1.29, 1.82) is 0 Å². The van der Waals surface area contributed by atoms with Crippen molar-refractivity contribution in [3.05, 3.63) is 39.9 Å². The molecule has 0 radical (unpaired) electrons. The first kappa shape index (κ1) is 15.5. The van der Waals surface area contributed by atoms with Crippen LogP contribution >= 0.6 is 11.8 Å². The maximum absolute atomic E-state index is 12.1. The lowest BCUT2D eigenvalue weighted by molar-refractivity contribution is -0.0334. The van der Waals surface area contributed by atoms with Gasteiger partial charge in [-0.15, -0.1) is 11.8 Å². The maximum atomic E-state index is 12.1. The van der Waals surface area contributed by atoms with E-state index in [9.17, 15) is 9.90 Å². The summed E-state index contributed by atoms with van der Waals surface area (Å²) in [6, 6.07) is 5.62. The summed E-state index contributed by atoms with van der Waals surface area (Å²) in [5.74, 6) is 1.27. The number of aromatic amines is 1. The van der Waals surface area contributed by atoms with Crippen LogP contribution in [0, 0.1) is 6.92 Å². The normalized spacial score (nSPS) is 22.1. The van der Waals surface area contributed by atoms with Gasteiger partial charge in [0.1, 0.15) is 11.3 Å². The largest absolute Gasteiger partial charge is 0.394 e. The van der Waals surface area contributed by atoms with E-state index in [1.807, 2.05) is 19.1 Å². The van der Waals surface area contributed by atoms with Crippen LogP contribution in [0.15, 0.2) is 23.0 Å². The monoisotopic (exact) mass is 320 g/mol. The fourth-order valence-corrected chi connectivity index (χ4v) is 3.76. The molecule has 0 amide bonds. The molecular weight excluding hydrogens is 300 g/mol. The number of nitrogens with one attached hydrogen (secondary N) is 1. The van der Waals surface area contributed by atoms with Crippen molar-refractivity contribution in [3.8, 4) is 0 Å². The third kappa shape index (κ3) is 3.34. The van der Waals surface area contributed by atoms with Gasteiger partial charge in [0.05, 0.1) is 29.4 Å². The highest BCUT2D eigenvalue weighted by Crippen LogP contribution is 2.28. The summed E-state index contributed by atoms with van der Waals surface area (Å²) >= 11 is 1.63. The lowest BCUT2D eigenvalue weighted by Crippen LogP contribution is -2.28. The summed E-state index contributed by atoms with van der Waals surface area (Å²) in [6.45, 7) is 2.03. The van der Waals surface area contributed by atoms with Gasteiger partial charge in [0, 0.05) is 0 Å². The molecule has 2 N–H and O–H groups in total. The predicted octanol–water partition coefficient (Wildman–Crippen LogP) is 2.35. The average molecular weight is 320 g/mol. The molecular formula is C16H20N2O3S. The van der Waals surface area contributed by atoms with Crippen molar-refractivity contribution in [1.82, 2.24) is 9.97 Å². The summed E-state index contributed by atoms with van der Waals surface area (Å²) in [6.07, 6.45) is 2.89. The molecule has 6 heteroatoms. The van der Waals surface area contributed by atoms with Crippen molar-refractivity contribution < 1.29 is 9.84 Å². The molecule has 1 fully saturated rings. The molecule has 0 aliphatic carbocycles. The first-order valence-corrected chi connectivity index (χ1v) is 8.58. The van der Waals surface area contributed by atoms with Crippen LogP contribution < -0.4 is 5.56 Å². The third-order valence-electron chi connectivity index (χ3n) is 3.91. The number of ether oxygens (including phenoxy) is 1. The Labute approximate surface area is 133 Å². The lowest BCUT2D eigenvalue weighted by atomic mass is 10.1. The highest BCUT2D eigenvalue weighted by atomic mass is 32.2. The van der Waals surface area contributed by atoms with Crippen LogP contribution in [0.25, 0.3) is 10.9 Å². The molecule has 1 aliphatic rings. The van der Waals surface area contributed by atoms with E-state index in [4.69, 9.17) is 4.74 Å². The fourth-order valence-electron chi connectivity index (χ4n) is 2.71. The van der Waals surface area contributed by atoms with Gasteiger partial charge in [-0.3, -0.25) is 4.79 Å². The molecule has 0 spiro atoms. The molecule has 22 heavy (non-hydrogen) atoms. The molecule has 1 saturated heterocycles. The minimum absolute atomic E-state index is 0.0582. The van der Waals surface area contributed by atoms with E-state index in [2.05, 4.69) is 9.97 Å². The van der Waals surface area contributed by atoms with Gasteiger partial charge in [0.25, 0.3) is 5.56 Å². The number of aliphatic hydroxyl groups excluding tert-OH is 1. The number of aliphatic hydroxyl groups is 1. The van der Waals surface area contributed by atoms with Crippen molar-refractivity contribution in [3.63, 3.8) is 0 Å². The number of aromatic nitrogens is 2. The van der Waals surface area contributed by atoms with Crippen molar-refractivity contribution in [2.75, 3.05) is 6.61 Å². The Morgan fingerprint density at radius 1 is 1.45 bits per heavy atom. The molecule has 1 aromatic carbocycles. The molecule has 118 valence electrons. The molecule has 2 heterocycles. The van der Waals surface area contributed by atoms with Gasteiger partial charge in [-0.05, 0) is 37.8 Å². The van der Waals surface area contributed by atoms with Gasteiger partial charge >= 0.3 is 0 Å². The highest BCUT2D eigenvalue weighted by molar-refractivity contribution is 7.99. The molecule has 1 aromatic heterocycles. The number of nitrogens with zero attached hydrogens (tertiary/aromatic N) is 1. The molecule has 0 saturated carbocycles. The SMILES string of the molecule is Cc1cccc2c(=O)[nH]c(CSC3CCCC(CO)O3)nc12. The smallest absolute Gasteiger partial charge is 0.258 e. The van der Waals surface area contributed by atoms with E-state index in [1.165, 1.54) is 0 Å². The quantitative estimate of drug-likeness (QED) is 0.904. The second kappa shape index (κ2) is 6.81. The van der Waals surface area contributed by atoms with E-state index >= 15 is 0 Å². The van der Waals surface area contributed by atoms with Crippen LogP contribution in [0.4, 0.5) is 0 Å². The van der Waals surface area contributed by atoms with E-state index in [0.29, 0.717) is 17.0 Å². The number of fused-ring (bicyclic) bond motifs is 1. The van der Waals surface area contributed by atoms with Gasteiger partial charge in [-0.25, -0.2) is 4.98 Å². The second-order valence-electron chi connectivity index (χ2n) is 5.60. The number of para-hydroxylation sites is 1. The summed E-state index contributed by atoms with van der Waals surface area (Å²) in [7, 11) is 0. The Kier molecular flexibility index (Phi) is 4.81. The zero-order valence-corrected chi connectivity index (χ0v) is 13.4. The molecule has 1 aliphatic heterocycles. The summed E-state index contributed by atoms with van der Waals surface area (Å²) in [5.41, 5.74) is 1.73. The Morgan fingerprint density at radius 3 is 3.14 bits per heavy atom. The first-order chi connectivity index (χ1) is 10.7. The predicted molar refractivity (Wildman–Crippen MR) is 88.0 cm³/mol. The zero-order chi connectivity index (χ0) is 15.5. The minimum atomic E-state index is -0.0953. The summed E-state index contributed by atoms with van der Waals surface area (Å²) in [5, 5.41) is 9.81. The van der Waals surface area contributed by atoms with Crippen LogP contribution in [0.2, 0.25) is 0 Å². The second-order valence-corrected chi connectivity index (χ2v) is 6.74. The van der Waals surface area contributed by atoms with E-state index in [0.717, 1.165) is 30.3 Å². The van der Waals surface area contributed by atoms with Gasteiger partial charge in [-0.2, -0.15) is 0 Å². The van der Waals surface area contributed by atoms with E-state index in [1.54, 1.807) is 17.8 Å². The summed E-state index contributed by atoms with van der Waals surface area (Å²) in [4.78, 5) is 19.6. The number of hydrogen-bond donors (Lipinski definition) is 2. The molecule has 5 nitrogen and oxygen atoms in total. The number of hydrogen-bond acceptors (Lipinski definition) is 5. The lowest BCUT2D eigenvalue weighted by Gasteiger charge is -2.28. The topological polar surface area (TPSA) is 75.2 Å². The van der Waals surface area contributed by atoms with Crippen LogP contribution in [-0.2, 0) is 10.5 Å². The third-order valence-corrected chi connectivity index (χ3v) is 5.07. The Morgan fingerprint density at radius 2 is 2.32 bits per heavy atom. The van der Waals surface area contributed by atoms with Crippen molar-refractivity contribution >= 4 is 22.7 Å². The average Bonchev–Trinajstić information content (AvgIpc) is 2.54. The number of aryl methyl sites for hydroxylation is 1. The zero-order valence-electron chi connectivity index (χ0n) is 12.5. The first-order valence-electron chi connectivity index (χ1n) is 7.54. The number of rotatable bonds is 4. The molecule has 2 unspecified atom stereocenters. The Hall–Kier alpha value is -1.37. The van der Waals surface area contributed by atoms with Crippen LogP contribution in [0.1, 0.15) is 30.7 Å². The number of thioether (sulfide) groups is 1.